The summed E-state index contributed by atoms with van der Waals surface area (Å²) in [5, 5.41) is 3.44. The second kappa shape index (κ2) is 7.00. The molecule has 3 rings (SSSR count). The zero-order chi connectivity index (χ0) is 16.9. The predicted octanol–water partition coefficient (Wildman–Crippen LogP) is 2.80. The summed E-state index contributed by atoms with van der Waals surface area (Å²) < 4.78 is 10.6. The molecule has 3 aromatic rings. The van der Waals surface area contributed by atoms with Crippen LogP contribution in [0.25, 0.3) is 11.0 Å². The van der Waals surface area contributed by atoms with Gasteiger partial charge in [0.2, 0.25) is 0 Å². The van der Waals surface area contributed by atoms with Crippen LogP contribution < -0.4 is 15.7 Å². The molecule has 1 amide bonds. The maximum atomic E-state index is 11.9. The highest BCUT2D eigenvalue weighted by atomic mass is 16.5. The lowest BCUT2D eigenvalue weighted by molar-refractivity contribution is -0.123. The van der Waals surface area contributed by atoms with Crippen molar-refractivity contribution in [1.29, 1.82) is 0 Å². The monoisotopic (exact) mass is 323 g/mol. The number of hydrogen-bond donors (Lipinski definition) is 1. The smallest absolute Gasteiger partial charge is 0.339 e. The largest absolute Gasteiger partial charge is 0.483 e. The van der Waals surface area contributed by atoms with E-state index in [0.29, 0.717) is 23.3 Å². The van der Waals surface area contributed by atoms with Crippen molar-refractivity contribution in [2.24, 2.45) is 0 Å². The Kier molecular flexibility index (Phi) is 4.61. The van der Waals surface area contributed by atoms with Gasteiger partial charge in [0.05, 0.1) is 11.5 Å². The van der Waals surface area contributed by atoms with E-state index in [0.717, 1.165) is 5.56 Å². The Balaban J connectivity index is 1.62. The zero-order valence-electron chi connectivity index (χ0n) is 13.2. The van der Waals surface area contributed by atoms with Crippen molar-refractivity contribution >= 4 is 16.9 Å². The number of carbonyl (C=O) groups excluding carboxylic acids is 1. The van der Waals surface area contributed by atoms with Crippen molar-refractivity contribution in [2.75, 3.05) is 6.61 Å². The van der Waals surface area contributed by atoms with Gasteiger partial charge >= 0.3 is 5.63 Å². The van der Waals surface area contributed by atoms with Gasteiger partial charge in [-0.25, -0.2) is 4.79 Å². The Hall–Kier alpha value is -3.08. The van der Waals surface area contributed by atoms with E-state index in [1.165, 1.54) is 11.6 Å². The van der Waals surface area contributed by atoms with Crippen LogP contribution in [-0.4, -0.2) is 12.5 Å². The van der Waals surface area contributed by atoms with Crippen molar-refractivity contribution in [2.45, 2.75) is 13.5 Å². The number of hydrogen-bond acceptors (Lipinski definition) is 4. The maximum absolute atomic E-state index is 11.9. The number of para-hydroxylation sites is 1. The molecule has 0 fully saturated rings. The molecule has 0 bridgehead atoms. The molecule has 0 aliphatic rings. The van der Waals surface area contributed by atoms with Crippen LogP contribution in [0, 0.1) is 6.92 Å². The molecule has 0 atom stereocenters. The van der Waals surface area contributed by atoms with Gasteiger partial charge in [-0.1, -0.05) is 42.0 Å². The molecule has 0 saturated carbocycles. The minimum absolute atomic E-state index is 0.167. The van der Waals surface area contributed by atoms with Crippen LogP contribution in [0.15, 0.2) is 63.8 Å². The highest BCUT2D eigenvalue weighted by molar-refractivity contribution is 5.84. The molecule has 5 nitrogen and oxygen atoms in total. The van der Waals surface area contributed by atoms with Gasteiger partial charge in [0.1, 0.15) is 11.3 Å². The first-order chi connectivity index (χ1) is 11.6. The topological polar surface area (TPSA) is 68.5 Å². The van der Waals surface area contributed by atoms with Gasteiger partial charge in [-0.15, -0.1) is 0 Å². The first-order valence-electron chi connectivity index (χ1n) is 7.60. The minimum Gasteiger partial charge on any atom is -0.483 e. The second-order valence-corrected chi connectivity index (χ2v) is 5.48. The summed E-state index contributed by atoms with van der Waals surface area (Å²) in [5.74, 6) is 0.0835. The van der Waals surface area contributed by atoms with Crippen molar-refractivity contribution in [3.63, 3.8) is 0 Å². The lowest BCUT2D eigenvalue weighted by atomic mass is 10.1. The van der Waals surface area contributed by atoms with Crippen LogP contribution in [-0.2, 0) is 11.3 Å². The van der Waals surface area contributed by atoms with Crippen molar-refractivity contribution in [1.82, 2.24) is 5.32 Å². The standard InChI is InChI=1S/C19H17NO4/c1-13-6-8-14(9-7-13)11-20-18(21)12-23-17-10-19(22)24-16-5-3-2-4-15(16)17/h2-10H,11-12H2,1H3,(H,20,21). The Labute approximate surface area is 138 Å². The van der Waals surface area contributed by atoms with Crippen molar-refractivity contribution < 1.29 is 13.9 Å². The summed E-state index contributed by atoms with van der Waals surface area (Å²) in [5.41, 5.74) is 2.10. The van der Waals surface area contributed by atoms with E-state index in [1.54, 1.807) is 18.2 Å². The van der Waals surface area contributed by atoms with Crippen molar-refractivity contribution in [3.8, 4) is 5.75 Å². The van der Waals surface area contributed by atoms with E-state index in [4.69, 9.17) is 9.15 Å². The summed E-state index contributed by atoms with van der Waals surface area (Å²) in [6, 6.07) is 16.2. The quantitative estimate of drug-likeness (QED) is 0.733. The molecular weight excluding hydrogens is 306 g/mol. The number of ether oxygens (including phenoxy) is 1. The normalized spacial score (nSPS) is 10.5. The zero-order valence-corrected chi connectivity index (χ0v) is 13.2. The molecule has 2 aromatic carbocycles. The summed E-state index contributed by atoms with van der Waals surface area (Å²) in [6.45, 7) is 2.27. The van der Waals surface area contributed by atoms with Gasteiger partial charge in [-0.2, -0.15) is 0 Å². The molecule has 0 saturated heterocycles. The van der Waals surface area contributed by atoms with E-state index in [1.807, 2.05) is 37.3 Å². The predicted molar refractivity (Wildman–Crippen MR) is 91.0 cm³/mol. The molecule has 1 aromatic heterocycles. The Morgan fingerprint density at radius 3 is 2.67 bits per heavy atom. The van der Waals surface area contributed by atoms with Crippen LogP contribution in [0.4, 0.5) is 0 Å². The molecule has 122 valence electrons. The highest BCUT2D eigenvalue weighted by Crippen LogP contribution is 2.22. The Morgan fingerprint density at radius 2 is 1.88 bits per heavy atom. The van der Waals surface area contributed by atoms with E-state index in [2.05, 4.69) is 5.32 Å². The number of aryl methyl sites for hydroxylation is 1. The van der Waals surface area contributed by atoms with Crippen LogP contribution in [0.5, 0.6) is 5.75 Å². The number of nitrogens with one attached hydrogen (secondary N) is 1. The lowest BCUT2D eigenvalue weighted by Gasteiger charge is -2.09. The fourth-order valence-electron chi connectivity index (χ4n) is 2.30. The van der Waals surface area contributed by atoms with E-state index in [9.17, 15) is 9.59 Å². The van der Waals surface area contributed by atoms with Crippen LogP contribution >= 0.6 is 0 Å². The third kappa shape index (κ3) is 3.81. The maximum Gasteiger partial charge on any atom is 0.339 e. The first kappa shape index (κ1) is 15.8. The summed E-state index contributed by atoms with van der Waals surface area (Å²) in [4.78, 5) is 23.5. The molecule has 5 heteroatoms. The van der Waals surface area contributed by atoms with E-state index in [-0.39, 0.29) is 12.5 Å². The van der Waals surface area contributed by atoms with Crippen LogP contribution in [0.2, 0.25) is 0 Å². The molecule has 24 heavy (non-hydrogen) atoms. The molecule has 0 aliphatic carbocycles. The molecule has 1 N–H and O–H groups in total. The van der Waals surface area contributed by atoms with Crippen LogP contribution in [0.1, 0.15) is 11.1 Å². The van der Waals surface area contributed by atoms with Gasteiger partial charge in [0, 0.05) is 6.54 Å². The molecule has 0 spiro atoms. The van der Waals surface area contributed by atoms with E-state index >= 15 is 0 Å². The Bertz CT molecular complexity index is 913. The third-order valence-corrected chi connectivity index (χ3v) is 3.58. The van der Waals surface area contributed by atoms with Crippen LogP contribution in [0.3, 0.4) is 0 Å². The highest BCUT2D eigenvalue weighted by Gasteiger charge is 2.08. The number of amides is 1. The number of fused-ring (bicyclic) bond motifs is 1. The summed E-state index contributed by atoms with van der Waals surface area (Å²) in [6.07, 6.45) is 0. The number of carbonyl (C=O) groups is 1. The summed E-state index contributed by atoms with van der Waals surface area (Å²) in [7, 11) is 0. The van der Waals surface area contributed by atoms with Crippen molar-refractivity contribution in [3.05, 3.63) is 76.1 Å². The minimum atomic E-state index is -0.510. The molecule has 1 heterocycles. The SMILES string of the molecule is Cc1ccc(CNC(=O)COc2cc(=O)oc3ccccc23)cc1. The number of rotatable bonds is 5. The van der Waals surface area contributed by atoms with E-state index < -0.39 is 5.63 Å². The van der Waals surface area contributed by atoms with Gasteiger partial charge in [-0.3, -0.25) is 4.79 Å². The summed E-state index contributed by atoms with van der Waals surface area (Å²) >= 11 is 0. The molecule has 0 aliphatic heterocycles. The molecule has 0 unspecified atom stereocenters. The average molecular weight is 323 g/mol. The van der Waals surface area contributed by atoms with Gasteiger partial charge in [0.15, 0.2) is 6.61 Å². The average Bonchev–Trinajstić information content (AvgIpc) is 2.59. The molecular formula is C19H17NO4. The second-order valence-electron chi connectivity index (χ2n) is 5.48. The number of benzene rings is 2. The first-order valence-corrected chi connectivity index (χ1v) is 7.60. The van der Waals surface area contributed by atoms with Gasteiger partial charge in [0.25, 0.3) is 5.91 Å². The van der Waals surface area contributed by atoms with Gasteiger partial charge < -0.3 is 14.5 Å². The fourth-order valence-corrected chi connectivity index (χ4v) is 2.30. The van der Waals surface area contributed by atoms with Gasteiger partial charge in [-0.05, 0) is 24.6 Å². The molecule has 0 radical (unpaired) electrons. The Morgan fingerprint density at radius 1 is 1.12 bits per heavy atom. The lowest BCUT2D eigenvalue weighted by Crippen LogP contribution is -2.28. The fraction of sp³-hybridized carbons (Fsp3) is 0.158. The third-order valence-electron chi connectivity index (χ3n) is 3.58.